The maximum atomic E-state index is 14.8. The first-order chi connectivity index (χ1) is 26.5. The van der Waals surface area contributed by atoms with Crippen molar-refractivity contribution in [2.45, 2.75) is 150 Å². The Balaban J connectivity index is 1.91. The Morgan fingerprint density at radius 1 is 1.11 bits per heavy atom. The van der Waals surface area contributed by atoms with Crippen molar-refractivity contribution in [2.75, 3.05) is 32.4 Å². The van der Waals surface area contributed by atoms with Crippen LogP contribution in [-0.2, 0) is 25.5 Å². The van der Waals surface area contributed by atoms with Gasteiger partial charge in [0.2, 0.25) is 5.91 Å². The molecule has 13 heteroatoms. The molecule has 314 valence electrons. The molecular weight excluding hydrogens is 729 g/mol. The van der Waals surface area contributed by atoms with Crippen LogP contribution in [0.15, 0.2) is 29.6 Å². The summed E-state index contributed by atoms with van der Waals surface area (Å²) in [4.78, 5) is 62.3. The third-order valence-corrected chi connectivity index (χ3v) is 12.3. The zero-order valence-corrected chi connectivity index (χ0v) is 36.3. The van der Waals surface area contributed by atoms with E-state index in [9.17, 15) is 24.3 Å². The van der Waals surface area contributed by atoms with Crippen LogP contribution in [0.3, 0.4) is 0 Å². The minimum atomic E-state index is -1.10. The average molecular weight is 799 g/mol. The molecule has 0 radical (unpaired) electrons. The minimum Gasteiger partial charge on any atom is -0.481 e. The number of nitrogens with one attached hydrogen (secondary N) is 2. The topological polar surface area (TPSA) is 167 Å². The maximum absolute atomic E-state index is 14.8. The summed E-state index contributed by atoms with van der Waals surface area (Å²) in [5.41, 5.74) is 6.46. The summed E-state index contributed by atoms with van der Waals surface area (Å²) in [5.74, 6) is -1.64. The highest BCUT2D eigenvalue weighted by atomic mass is 32.1. The van der Waals surface area contributed by atoms with Crippen LogP contribution in [0.2, 0.25) is 0 Å². The number of nitrogen functional groups attached to an aromatic ring is 1. The zero-order valence-electron chi connectivity index (χ0n) is 35.4. The molecule has 0 aliphatic carbocycles. The van der Waals surface area contributed by atoms with E-state index in [1.54, 1.807) is 31.4 Å². The van der Waals surface area contributed by atoms with Gasteiger partial charge in [0.05, 0.1) is 11.5 Å². The number of hydrogen-bond acceptors (Lipinski definition) is 10. The lowest BCUT2D eigenvalue weighted by molar-refractivity contribution is -0.149. The number of aliphatic carboxylic acids is 1. The molecule has 1 aromatic heterocycles. The number of hydrogen-bond donors (Lipinski definition) is 4. The first-order valence-electron chi connectivity index (χ1n) is 20.7. The van der Waals surface area contributed by atoms with Gasteiger partial charge in [0.15, 0.2) is 6.10 Å². The predicted octanol–water partition coefficient (Wildman–Crippen LogP) is 7.09. The van der Waals surface area contributed by atoms with Crippen molar-refractivity contribution in [3.63, 3.8) is 0 Å². The van der Waals surface area contributed by atoms with Crippen molar-refractivity contribution < 1.29 is 29.0 Å². The Kier molecular flexibility index (Phi) is 18.7. The van der Waals surface area contributed by atoms with Crippen molar-refractivity contribution in [2.24, 2.45) is 17.3 Å². The molecule has 1 aromatic carbocycles. The number of carbonyl (C=O) groups excluding carboxylic acids is 3. The number of amides is 2. The SMILES string of the molecule is CCCCCCN(C(=O)[C@@H](NC[C@@H]1CCCN1C)[C@@H](C)CC)[C@H](C[C@@H](OC(C)=O)c1nc(C(=O)N[C@@H](Cc2ccc(N)cc2)CC(C)(C)C(=O)O)cs1)C(C)C. The van der Waals surface area contributed by atoms with Crippen molar-refractivity contribution in [1.82, 2.24) is 25.4 Å². The Labute approximate surface area is 339 Å². The van der Waals surface area contributed by atoms with Gasteiger partial charge < -0.3 is 36.0 Å². The second kappa shape index (κ2) is 22.4. The number of nitrogens with zero attached hydrogens (tertiary/aromatic N) is 3. The lowest BCUT2D eigenvalue weighted by Crippen LogP contribution is -2.56. The van der Waals surface area contributed by atoms with Gasteiger partial charge in [-0.2, -0.15) is 0 Å². The number of benzene rings is 1. The molecule has 2 aromatic rings. The number of likely N-dealkylation sites (N-methyl/N-ethyl adjacent to an activating group) is 1. The summed E-state index contributed by atoms with van der Waals surface area (Å²) in [6, 6.07) is 6.56. The number of nitrogens with two attached hydrogens (primary N) is 1. The molecule has 0 spiro atoms. The average Bonchev–Trinajstić information content (AvgIpc) is 3.80. The molecular formula is C43H70N6O6S. The van der Waals surface area contributed by atoms with Crippen LogP contribution < -0.4 is 16.4 Å². The van der Waals surface area contributed by atoms with E-state index in [-0.39, 0.29) is 41.9 Å². The molecule has 0 bridgehead atoms. The van der Waals surface area contributed by atoms with E-state index in [0.29, 0.717) is 36.1 Å². The second-order valence-corrected chi connectivity index (χ2v) is 17.8. The van der Waals surface area contributed by atoms with Crippen LogP contribution >= 0.6 is 11.3 Å². The molecule has 1 aliphatic heterocycles. The Morgan fingerprint density at radius 2 is 1.80 bits per heavy atom. The van der Waals surface area contributed by atoms with Gasteiger partial charge in [0, 0.05) is 55.6 Å². The molecule has 6 atom stereocenters. The number of aromatic nitrogens is 1. The number of carboxylic acid groups (broad SMARTS) is 1. The molecule has 56 heavy (non-hydrogen) atoms. The number of rotatable bonds is 24. The van der Waals surface area contributed by atoms with Gasteiger partial charge in [0.25, 0.3) is 5.91 Å². The summed E-state index contributed by atoms with van der Waals surface area (Å²) < 4.78 is 5.94. The van der Waals surface area contributed by atoms with Gasteiger partial charge in [-0.1, -0.05) is 72.4 Å². The lowest BCUT2D eigenvalue weighted by atomic mass is 9.84. The molecule has 1 aliphatic rings. The standard InChI is InChI=1S/C43H70N6O6S/c1-10-12-13-14-22-49(41(52)38(29(5)11-2)45-26-34-16-15-21-48(34)9)36(28(3)4)24-37(55-30(6)50)40-47-35(27-56-40)39(51)46-33(25-43(7,8)42(53)54)23-31-17-19-32(44)20-18-31/h17-20,27-29,33-34,36-38,45H,10-16,21-26,44H2,1-9H3,(H,46,51)(H,53,54)/t29-,33-,34-,36+,37+,38-/m0/s1. The first kappa shape index (κ1) is 46.8. The third-order valence-electron chi connectivity index (χ3n) is 11.4. The van der Waals surface area contributed by atoms with Crippen LogP contribution in [0.25, 0.3) is 0 Å². The van der Waals surface area contributed by atoms with E-state index in [1.165, 1.54) is 18.3 Å². The van der Waals surface area contributed by atoms with E-state index in [1.807, 2.05) is 17.0 Å². The van der Waals surface area contributed by atoms with Crippen LogP contribution in [0, 0.1) is 17.3 Å². The summed E-state index contributed by atoms with van der Waals surface area (Å²) in [6.07, 6.45) is 7.33. The van der Waals surface area contributed by atoms with E-state index >= 15 is 0 Å². The number of carboxylic acids is 1. The number of esters is 1. The fourth-order valence-electron chi connectivity index (χ4n) is 7.59. The summed E-state index contributed by atoms with van der Waals surface area (Å²) in [5, 5.41) is 18.7. The first-order valence-corrected chi connectivity index (χ1v) is 21.6. The molecule has 5 N–H and O–H groups in total. The summed E-state index contributed by atoms with van der Waals surface area (Å²) in [7, 11) is 2.15. The number of unbranched alkanes of at least 4 members (excludes halogenated alkanes) is 3. The summed E-state index contributed by atoms with van der Waals surface area (Å²) >= 11 is 1.24. The quantitative estimate of drug-likeness (QED) is 0.0489. The molecule has 0 unspecified atom stereocenters. The highest BCUT2D eigenvalue weighted by Gasteiger charge is 2.37. The fraction of sp³-hybridized carbons (Fsp3) is 0.698. The van der Waals surface area contributed by atoms with Crippen LogP contribution in [0.1, 0.15) is 140 Å². The van der Waals surface area contributed by atoms with Crippen LogP contribution in [0.5, 0.6) is 0 Å². The van der Waals surface area contributed by atoms with Crippen LogP contribution in [-0.4, -0.2) is 94.5 Å². The maximum Gasteiger partial charge on any atom is 0.309 e. The number of anilines is 1. The number of carbonyl (C=O) groups is 4. The third kappa shape index (κ3) is 14.1. The molecule has 12 nitrogen and oxygen atoms in total. The predicted molar refractivity (Wildman–Crippen MR) is 224 cm³/mol. The molecule has 2 amide bonds. The number of ether oxygens (including phenoxy) is 1. The van der Waals surface area contributed by atoms with Gasteiger partial charge in [-0.25, -0.2) is 4.98 Å². The van der Waals surface area contributed by atoms with Gasteiger partial charge in [-0.3, -0.25) is 19.2 Å². The van der Waals surface area contributed by atoms with E-state index < -0.39 is 35.4 Å². The highest BCUT2D eigenvalue weighted by molar-refractivity contribution is 7.09. The normalized spacial score (nSPS) is 17.6. The Morgan fingerprint density at radius 3 is 2.38 bits per heavy atom. The minimum absolute atomic E-state index is 0.0381. The van der Waals surface area contributed by atoms with Crippen molar-refractivity contribution in [3.05, 3.63) is 45.9 Å². The van der Waals surface area contributed by atoms with E-state index in [4.69, 9.17) is 15.5 Å². The highest BCUT2D eigenvalue weighted by Crippen LogP contribution is 2.32. The molecule has 1 saturated heterocycles. The molecule has 1 fully saturated rings. The fourth-order valence-corrected chi connectivity index (χ4v) is 8.43. The van der Waals surface area contributed by atoms with Crippen molar-refractivity contribution >= 4 is 40.8 Å². The number of thiazole rings is 1. The second-order valence-electron chi connectivity index (χ2n) is 16.9. The monoisotopic (exact) mass is 799 g/mol. The molecule has 2 heterocycles. The number of likely N-dealkylation sites (tertiary alicyclic amines) is 1. The van der Waals surface area contributed by atoms with Crippen molar-refractivity contribution in [1.29, 1.82) is 0 Å². The Bertz CT molecular complexity index is 1550. The van der Waals surface area contributed by atoms with Gasteiger partial charge in [-0.05, 0) is 89.1 Å². The summed E-state index contributed by atoms with van der Waals surface area (Å²) in [6.45, 7) is 17.7. The van der Waals surface area contributed by atoms with Gasteiger partial charge >= 0.3 is 11.9 Å². The van der Waals surface area contributed by atoms with E-state index in [0.717, 1.165) is 63.6 Å². The van der Waals surface area contributed by atoms with E-state index in [2.05, 4.69) is 57.2 Å². The molecule has 3 rings (SSSR count). The zero-order chi connectivity index (χ0) is 41.6. The van der Waals surface area contributed by atoms with Gasteiger partial charge in [0.1, 0.15) is 10.7 Å². The molecule has 0 saturated carbocycles. The Hall–Kier alpha value is -3.55. The smallest absolute Gasteiger partial charge is 0.309 e. The van der Waals surface area contributed by atoms with Crippen molar-refractivity contribution in [3.8, 4) is 0 Å². The van der Waals surface area contributed by atoms with Gasteiger partial charge in [-0.15, -0.1) is 11.3 Å². The van der Waals surface area contributed by atoms with Crippen LogP contribution in [0.4, 0.5) is 5.69 Å². The lowest BCUT2D eigenvalue weighted by Gasteiger charge is -2.40. The largest absolute Gasteiger partial charge is 0.481 e.